The lowest BCUT2D eigenvalue weighted by atomic mass is 9.94. The minimum atomic E-state index is -4.11. The highest BCUT2D eigenvalue weighted by Gasteiger charge is 2.28. The number of halogens is 3. The second kappa shape index (κ2) is 7.69. The van der Waals surface area contributed by atoms with E-state index in [0.717, 1.165) is 12.8 Å². The normalized spacial score (nSPS) is 15.5. The van der Waals surface area contributed by atoms with Gasteiger partial charge in [0.1, 0.15) is 0 Å². The van der Waals surface area contributed by atoms with E-state index in [1.54, 1.807) is 25.9 Å². The van der Waals surface area contributed by atoms with Gasteiger partial charge in [0.2, 0.25) is 5.91 Å². The van der Waals surface area contributed by atoms with E-state index < -0.39 is 24.0 Å². The van der Waals surface area contributed by atoms with Crippen molar-refractivity contribution in [3.05, 3.63) is 0 Å². The molecule has 4 nitrogen and oxygen atoms in total. The van der Waals surface area contributed by atoms with Gasteiger partial charge in [-0.2, -0.15) is 13.2 Å². The van der Waals surface area contributed by atoms with Crippen LogP contribution in [0.4, 0.5) is 13.2 Å². The molecule has 0 saturated carbocycles. The number of rotatable bonds is 9. The molecule has 0 aromatic carbocycles. The van der Waals surface area contributed by atoms with Crippen LogP contribution in [0.2, 0.25) is 0 Å². The zero-order valence-electron chi connectivity index (χ0n) is 11.8. The van der Waals surface area contributed by atoms with Gasteiger partial charge < -0.3 is 16.0 Å². The van der Waals surface area contributed by atoms with Crippen LogP contribution >= 0.6 is 0 Å². The fraction of sp³-hybridized carbons (Fsp3) is 0.917. The van der Waals surface area contributed by atoms with Crippen LogP contribution < -0.4 is 11.1 Å². The maximum Gasteiger partial charge on any atom is 0.390 e. The van der Waals surface area contributed by atoms with Gasteiger partial charge in [-0.25, -0.2) is 0 Å². The van der Waals surface area contributed by atoms with Crippen molar-refractivity contribution in [3.8, 4) is 0 Å². The Morgan fingerprint density at radius 2 is 1.79 bits per heavy atom. The van der Waals surface area contributed by atoms with E-state index in [-0.39, 0.29) is 6.54 Å². The topological polar surface area (TPSA) is 58.4 Å². The molecule has 1 unspecified atom stereocenters. The lowest BCUT2D eigenvalue weighted by Gasteiger charge is -2.25. The predicted molar refractivity (Wildman–Crippen MR) is 68.7 cm³/mol. The molecule has 1 atom stereocenters. The van der Waals surface area contributed by atoms with Crippen LogP contribution in [0.5, 0.6) is 0 Å². The molecule has 1 amide bonds. The maximum atomic E-state index is 12.0. The summed E-state index contributed by atoms with van der Waals surface area (Å²) < 4.78 is 36.0. The van der Waals surface area contributed by atoms with Gasteiger partial charge >= 0.3 is 6.18 Å². The van der Waals surface area contributed by atoms with E-state index in [0.29, 0.717) is 13.0 Å². The van der Waals surface area contributed by atoms with Crippen molar-refractivity contribution in [2.75, 3.05) is 27.2 Å². The molecular weight excluding hydrogens is 259 g/mol. The fourth-order valence-corrected chi connectivity index (χ4v) is 1.66. The molecule has 0 aromatic rings. The molecule has 0 rings (SSSR count). The first kappa shape index (κ1) is 18.2. The third-order valence-electron chi connectivity index (χ3n) is 3.34. The maximum absolute atomic E-state index is 12.0. The van der Waals surface area contributed by atoms with Crippen LogP contribution in [0.3, 0.4) is 0 Å². The molecule has 0 fully saturated rings. The Balaban J connectivity index is 3.83. The van der Waals surface area contributed by atoms with E-state index in [9.17, 15) is 18.0 Å². The molecule has 114 valence electrons. The molecule has 0 aliphatic rings. The first-order valence-corrected chi connectivity index (χ1v) is 6.35. The minimum Gasteiger partial charge on any atom is -0.368 e. The van der Waals surface area contributed by atoms with Crippen LogP contribution in [0, 0.1) is 0 Å². The van der Waals surface area contributed by atoms with Crippen molar-refractivity contribution in [1.82, 2.24) is 10.2 Å². The van der Waals surface area contributed by atoms with E-state index in [1.807, 2.05) is 0 Å². The largest absolute Gasteiger partial charge is 0.390 e. The van der Waals surface area contributed by atoms with Gasteiger partial charge in [0, 0.05) is 6.54 Å². The number of hydrogen-bond acceptors (Lipinski definition) is 3. The van der Waals surface area contributed by atoms with Crippen LogP contribution in [-0.4, -0.2) is 49.7 Å². The predicted octanol–water partition coefficient (Wildman–Crippen LogP) is 1.50. The number of hydrogen-bond donors (Lipinski definition) is 2. The number of nitrogens with two attached hydrogens (primary N) is 1. The summed E-state index contributed by atoms with van der Waals surface area (Å²) in [6.07, 6.45) is -2.86. The van der Waals surface area contributed by atoms with E-state index in [1.165, 1.54) is 0 Å². The Morgan fingerprint density at radius 3 is 2.21 bits per heavy atom. The van der Waals surface area contributed by atoms with Crippen molar-refractivity contribution in [1.29, 1.82) is 0 Å². The molecule has 19 heavy (non-hydrogen) atoms. The lowest BCUT2D eigenvalue weighted by Crippen LogP contribution is -2.51. The standard InChI is InChI=1S/C12H24F3N3O/c1-11(17-2,10(16)19)6-4-5-8-18(3)9-7-12(13,14)15/h17H,4-9H2,1-3H3,(H2,16,19). The summed E-state index contributed by atoms with van der Waals surface area (Å²) in [4.78, 5) is 12.9. The molecule has 0 aliphatic heterocycles. The highest BCUT2D eigenvalue weighted by molar-refractivity contribution is 5.84. The van der Waals surface area contributed by atoms with Gasteiger partial charge in [-0.3, -0.25) is 4.79 Å². The number of primary amides is 1. The smallest absolute Gasteiger partial charge is 0.368 e. The molecule has 0 radical (unpaired) electrons. The summed E-state index contributed by atoms with van der Waals surface area (Å²) >= 11 is 0. The first-order chi connectivity index (χ1) is 8.60. The Morgan fingerprint density at radius 1 is 1.21 bits per heavy atom. The first-order valence-electron chi connectivity index (χ1n) is 6.35. The second-order valence-corrected chi connectivity index (χ2v) is 5.07. The van der Waals surface area contributed by atoms with Gasteiger partial charge in [-0.05, 0) is 46.8 Å². The molecule has 0 bridgehead atoms. The van der Waals surface area contributed by atoms with Crippen molar-refractivity contribution < 1.29 is 18.0 Å². The van der Waals surface area contributed by atoms with Crippen molar-refractivity contribution in [3.63, 3.8) is 0 Å². The van der Waals surface area contributed by atoms with Crippen LogP contribution in [0.1, 0.15) is 32.6 Å². The van der Waals surface area contributed by atoms with E-state index in [2.05, 4.69) is 5.32 Å². The van der Waals surface area contributed by atoms with Gasteiger partial charge in [-0.1, -0.05) is 0 Å². The van der Waals surface area contributed by atoms with Crippen LogP contribution in [0.15, 0.2) is 0 Å². The number of amides is 1. The molecule has 0 aliphatic carbocycles. The number of carbonyl (C=O) groups excluding carboxylic acids is 1. The number of carbonyl (C=O) groups is 1. The van der Waals surface area contributed by atoms with E-state index >= 15 is 0 Å². The Kier molecular flexibility index (Phi) is 7.36. The van der Waals surface area contributed by atoms with Crippen LogP contribution in [0.25, 0.3) is 0 Å². The summed E-state index contributed by atoms with van der Waals surface area (Å²) in [6, 6.07) is 0. The SMILES string of the molecule is CNC(C)(CCCCN(C)CCC(F)(F)F)C(N)=O. The zero-order chi connectivity index (χ0) is 15.1. The molecule has 0 heterocycles. The number of likely N-dealkylation sites (N-methyl/N-ethyl adjacent to an activating group) is 1. The van der Waals surface area contributed by atoms with Crippen molar-refractivity contribution >= 4 is 5.91 Å². The minimum absolute atomic E-state index is 0.00259. The quantitative estimate of drug-likeness (QED) is 0.631. The molecule has 0 saturated heterocycles. The highest BCUT2D eigenvalue weighted by atomic mass is 19.4. The Bertz CT molecular complexity index is 284. The van der Waals surface area contributed by atoms with Gasteiger partial charge in [-0.15, -0.1) is 0 Å². The van der Waals surface area contributed by atoms with Crippen molar-refractivity contribution in [2.24, 2.45) is 5.73 Å². The number of alkyl halides is 3. The second-order valence-electron chi connectivity index (χ2n) is 5.07. The summed E-state index contributed by atoms with van der Waals surface area (Å²) in [6.45, 7) is 2.31. The number of nitrogens with zero attached hydrogens (tertiary/aromatic N) is 1. The zero-order valence-corrected chi connectivity index (χ0v) is 11.8. The average Bonchev–Trinajstić information content (AvgIpc) is 2.30. The molecule has 3 N–H and O–H groups in total. The monoisotopic (exact) mass is 283 g/mol. The van der Waals surface area contributed by atoms with Crippen molar-refractivity contribution in [2.45, 2.75) is 44.3 Å². The Hall–Kier alpha value is -0.820. The van der Waals surface area contributed by atoms with Gasteiger partial charge in [0.15, 0.2) is 0 Å². The van der Waals surface area contributed by atoms with Crippen LogP contribution in [-0.2, 0) is 4.79 Å². The number of unbranched alkanes of at least 4 members (excludes halogenated alkanes) is 1. The van der Waals surface area contributed by atoms with E-state index in [4.69, 9.17) is 5.73 Å². The summed E-state index contributed by atoms with van der Waals surface area (Å²) in [5.74, 6) is -0.416. The molecule has 0 spiro atoms. The highest BCUT2D eigenvalue weighted by Crippen LogP contribution is 2.19. The summed E-state index contributed by atoms with van der Waals surface area (Å²) in [5.41, 5.74) is 4.54. The molecule has 0 aromatic heterocycles. The number of nitrogens with one attached hydrogen (secondary N) is 1. The fourth-order valence-electron chi connectivity index (χ4n) is 1.66. The molecule has 7 heteroatoms. The average molecular weight is 283 g/mol. The molecular formula is C12H24F3N3O. The third kappa shape index (κ3) is 8.05. The van der Waals surface area contributed by atoms with Gasteiger partial charge in [0.05, 0.1) is 12.0 Å². The third-order valence-corrected chi connectivity index (χ3v) is 3.34. The lowest BCUT2D eigenvalue weighted by molar-refractivity contribution is -0.137. The summed E-state index contributed by atoms with van der Waals surface area (Å²) in [5, 5.41) is 2.87. The summed E-state index contributed by atoms with van der Waals surface area (Å²) in [7, 11) is 3.33. The Labute approximate surface area is 112 Å². The van der Waals surface area contributed by atoms with Gasteiger partial charge in [0.25, 0.3) is 0 Å².